The topological polar surface area (TPSA) is 522 Å². The van der Waals surface area contributed by atoms with Crippen LogP contribution in [-0.2, 0) is 175 Å². The molecule has 2 aromatic heterocycles. The Morgan fingerprint density at radius 3 is 0.963 bits per heavy atom. The van der Waals surface area contributed by atoms with Crippen LogP contribution < -0.4 is 37.1 Å². The van der Waals surface area contributed by atoms with Gasteiger partial charge in [0.2, 0.25) is 41.4 Å². The van der Waals surface area contributed by atoms with E-state index in [2.05, 4.69) is 46.5 Å². The van der Waals surface area contributed by atoms with Crippen molar-refractivity contribution in [1.82, 2.24) is 51.4 Å². The lowest BCUT2D eigenvalue weighted by molar-refractivity contribution is -0.136. The molecule has 7 amide bonds. The van der Waals surface area contributed by atoms with E-state index < -0.39 is 5.54 Å². The van der Waals surface area contributed by atoms with Gasteiger partial charge < -0.3 is 170 Å². The summed E-state index contributed by atoms with van der Waals surface area (Å²) in [4.78, 5) is 105. The average molecular weight is 1990 g/mol. The quantitative estimate of drug-likeness (QED) is 0.0227. The van der Waals surface area contributed by atoms with Crippen LogP contribution in [-0.4, -0.2) is 467 Å². The molecular formula is C88H151N11O35S2. The number of imide groups is 1. The van der Waals surface area contributed by atoms with Crippen LogP contribution in [0.5, 0.6) is 5.88 Å². The number of anilines is 1. The number of aromatic nitrogens is 4. The maximum Gasteiger partial charge on any atom is 0.253 e. The predicted molar refractivity (Wildman–Crippen MR) is 497 cm³/mol. The summed E-state index contributed by atoms with van der Waals surface area (Å²) in [6.45, 7) is 19.3. The summed E-state index contributed by atoms with van der Waals surface area (Å²) in [7, 11) is 6.03. The van der Waals surface area contributed by atoms with Gasteiger partial charge in [-0.3, -0.25) is 38.5 Å². The van der Waals surface area contributed by atoms with Crippen molar-refractivity contribution in [3.05, 3.63) is 53.9 Å². The van der Waals surface area contributed by atoms with E-state index in [-0.39, 0.29) is 178 Å². The highest BCUT2D eigenvalue weighted by molar-refractivity contribution is 8.76. The molecule has 3 aromatic rings. The van der Waals surface area contributed by atoms with Gasteiger partial charge in [0.25, 0.3) is 11.8 Å². The lowest BCUT2D eigenvalue weighted by atomic mass is 10.0. The maximum atomic E-state index is 13.8. The first-order valence-corrected chi connectivity index (χ1v) is 48.6. The number of hydrogen-bond acceptors (Lipinski definition) is 41. The molecule has 1 aliphatic heterocycles. The van der Waals surface area contributed by atoms with E-state index in [1.165, 1.54) is 40.1 Å². The summed E-state index contributed by atoms with van der Waals surface area (Å²) in [5.74, 6) is -0.952. The molecule has 0 spiro atoms. The average Bonchev–Trinajstić information content (AvgIpc) is 1.66. The fraction of sp³-hybridized carbons (Fsp3) is 0.773. The monoisotopic (exact) mass is 1990 g/mol. The smallest absolute Gasteiger partial charge is 0.253 e. The van der Waals surface area contributed by atoms with Crippen LogP contribution in [0.4, 0.5) is 5.95 Å². The van der Waals surface area contributed by atoms with E-state index in [9.17, 15) is 33.6 Å². The Kier molecular flexibility index (Phi) is 80.0. The number of carbonyl (C=O) groups is 7. The lowest BCUT2D eigenvalue weighted by Crippen LogP contribution is -2.59. The van der Waals surface area contributed by atoms with Crippen molar-refractivity contribution in [3.63, 3.8) is 0 Å². The lowest BCUT2D eigenvalue weighted by Gasteiger charge is -2.34. The summed E-state index contributed by atoms with van der Waals surface area (Å²) in [5.41, 5.74) is 7.27. The molecule has 136 heavy (non-hydrogen) atoms. The molecule has 4 rings (SSSR count). The van der Waals surface area contributed by atoms with Crippen LogP contribution in [0.15, 0.2) is 42.7 Å². The molecule has 0 fully saturated rings. The van der Waals surface area contributed by atoms with Crippen LogP contribution in [0, 0.1) is 0 Å². The molecule has 48 heteroatoms. The zero-order chi connectivity index (χ0) is 97.1. The molecule has 0 aliphatic carbocycles. The van der Waals surface area contributed by atoms with Crippen molar-refractivity contribution in [2.24, 2.45) is 0 Å². The molecule has 1 unspecified atom stereocenters. The summed E-state index contributed by atoms with van der Waals surface area (Å²) in [6, 6.07) is 7.69. The predicted octanol–water partition coefficient (Wildman–Crippen LogP) is 0.299. The Hall–Kier alpha value is -6.78. The van der Waals surface area contributed by atoms with Gasteiger partial charge in [0.1, 0.15) is 17.7 Å². The molecule has 0 bridgehead atoms. The number of H-pyrrole nitrogens is 1. The summed E-state index contributed by atoms with van der Waals surface area (Å²) >= 11 is 0. The molecule has 1 atom stereocenters. The fourth-order valence-electron chi connectivity index (χ4n) is 11.0. The maximum absolute atomic E-state index is 13.8. The third-order valence-electron chi connectivity index (χ3n) is 18.0. The van der Waals surface area contributed by atoms with Gasteiger partial charge in [-0.2, -0.15) is 9.97 Å². The first-order chi connectivity index (χ1) is 66.9. The van der Waals surface area contributed by atoms with E-state index >= 15 is 0 Å². The molecule has 46 nitrogen and oxygen atoms in total. The minimum absolute atomic E-state index is 0.0285. The Labute approximate surface area is 805 Å². The number of methoxy groups -OCH3 is 2. The summed E-state index contributed by atoms with van der Waals surface area (Å²) in [6.07, 6.45) is 4.13. The first kappa shape index (κ1) is 122. The number of ether oxygens (including phenoxy) is 28. The van der Waals surface area contributed by atoms with Gasteiger partial charge in [-0.15, -0.1) is 0 Å². The number of nitrogens with two attached hydrogens (primary N) is 1. The second kappa shape index (κ2) is 89.6. The largest absolute Gasteiger partial charge is 0.471 e. The standard InChI is InChI=1S/C88H151N11O35S2/c1-107-25-27-113-37-39-116-34-30-110-22-14-90-77(100)10-19-131-71-88(98-81(104)13-67-135-136-68-17-99-82(105)7-8-83(99)106,72-132-20-11-78(101)91-15-23-111-31-35-117-42-45-121-50-53-125-56-55-123-48-47-119-40-38-114-28-26-108-2)73-133-21-12-79(102)92-16-24-112-32-36-118-43-46-122-51-54-126-58-60-128-62-64-130-66-65-129-63-61-127-59-57-124-52-49-120-44-41-115-33-29-109-18-9-80(103)93-69-75-3-5-76(6-4-75)70-134-86-84-85(95-74-94-84)96-87(89)97-86/h3-8,74H,9-73H2,1-2H3,(H,90,100)(H,91,101)(H,92,102)(H,93,103)(H,98,104)(H3,89,94,95,96,97). The second-order valence-electron chi connectivity index (χ2n) is 28.9. The van der Waals surface area contributed by atoms with Crippen LogP contribution in [0.1, 0.15) is 43.2 Å². The Bertz CT molecular complexity index is 3420. The molecule has 780 valence electrons. The van der Waals surface area contributed by atoms with E-state index in [1.54, 1.807) is 14.2 Å². The van der Waals surface area contributed by atoms with Gasteiger partial charge in [-0.25, -0.2) is 4.98 Å². The van der Waals surface area contributed by atoms with Gasteiger partial charge in [-0.05, 0) is 11.1 Å². The van der Waals surface area contributed by atoms with Crippen LogP contribution in [0.25, 0.3) is 11.2 Å². The highest BCUT2D eigenvalue weighted by atomic mass is 33.1. The Morgan fingerprint density at radius 2 is 0.632 bits per heavy atom. The zero-order valence-electron chi connectivity index (χ0n) is 79.5. The van der Waals surface area contributed by atoms with Gasteiger partial charge in [0, 0.05) is 103 Å². The molecule has 8 N–H and O–H groups in total. The number of amides is 7. The highest BCUT2D eigenvalue weighted by Crippen LogP contribution is 2.24. The molecule has 3 heterocycles. The van der Waals surface area contributed by atoms with E-state index in [1.807, 2.05) is 24.3 Å². The number of imidazole rings is 1. The van der Waals surface area contributed by atoms with Gasteiger partial charge in [0.05, 0.1) is 350 Å². The van der Waals surface area contributed by atoms with Crippen molar-refractivity contribution in [2.75, 3.05) is 401 Å². The SMILES string of the molecule is COCCOCCOCCOCCNC(=O)CCOCC(COCCC(=O)NCCOCCOCCOCCOCCOCCOCCOCCOC)(COCCC(=O)NCCOCCOCCOCCOCCOCCOCCOCCOCCOCCOCCOCCOCCC(=O)NCc1ccc(COc2nc(N)nc3nc[nH]c23)cc1)NC(=O)CCSSCCN1C(=O)C=CC1=O. The second-order valence-corrected chi connectivity index (χ2v) is 31.6. The summed E-state index contributed by atoms with van der Waals surface area (Å²) in [5, 5.41) is 14.3. The molecule has 1 aliphatic rings. The molecule has 0 saturated heterocycles. The number of fused-ring (bicyclic) bond motifs is 1. The van der Waals surface area contributed by atoms with Crippen molar-refractivity contribution < 1.29 is 166 Å². The Morgan fingerprint density at radius 1 is 0.346 bits per heavy atom. The van der Waals surface area contributed by atoms with Gasteiger partial charge >= 0.3 is 0 Å². The number of rotatable bonds is 103. The third-order valence-corrected chi connectivity index (χ3v) is 20.4. The van der Waals surface area contributed by atoms with Crippen LogP contribution >= 0.6 is 21.6 Å². The van der Waals surface area contributed by atoms with Gasteiger partial charge in [-0.1, -0.05) is 45.9 Å². The van der Waals surface area contributed by atoms with Gasteiger partial charge in [0.15, 0.2) is 5.65 Å². The van der Waals surface area contributed by atoms with E-state index in [0.29, 0.717) is 313 Å². The van der Waals surface area contributed by atoms with Crippen molar-refractivity contribution >= 4 is 80.1 Å². The number of nitrogens with one attached hydrogen (secondary N) is 6. The molecule has 1 aromatic carbocycles. The molecular weight excluding hydrogens is 1840 g/mol. The highest BCUT2D eigenvalue weighted by Gasteiger charge is 2.34. The third kappa shape index (κ3) is 71.6. The number of benzene rings is 1. The van der Waals surface area contributed by atoms with E-state index in [4.69, 9.17) is 138 Å². The zero-order valence-corrected chi connectivity index (χ0v) is 81.1. The van der Waals surface area contributed by atoms with E-state index in [0.717, 1.165) is 16.0 Å². The van der Waals surface area contributed by atoms with Crippen molar-refractivity contribution in [1.29, 1.82) is 0 Å². The van der Waals surface area contributed by atoms with Crippen molar-refractivity contribution in [3.8, 4) is 5.88 Å². The number of carbonyl (C=O) groups excluding carboxylic acids is 7. The Balaban J connectivity index is 0.967. The van der Waals surface area contributed by atoms with Crippen molar-refractivity contribution in [2.45, 2.75) is 50.8 Å². The number of aromatic amines is 1. The minimum Gasteiger partial charge on any atom is -0.471 e. The number of nitrogen functional groups attached to an aromatic ring is 1. The number of nitrogens with zero attached hydrogens (tertiary/aromatic N) is 4. The fourth-order valence-corrected chi connectivity index (χ4v) is 13.0. The first-order valence-electron chi connectivity index (χ1n) is 46.1. The molecule has 0 saturated carbocycles. The molecule has 0 radical (unpaired) electrons. The summed E-state index contributed by atoms with van der Waals surface area (Å²) < 4.78 is 156. The number of hydrogen-bond donors (Lipinski definition) is 7. The van der Waals surface area contributed by atoms with Crippen LogP contribution in [0.2, 0.25) is 0 Å². The normalized spacial score (nSPS) is 12.5. The van der Waals surface area contributed by atoms with Crippen LogP contribution in [0.3, 0.4) is 0 Å². The minimum atomic E-state index is -1.36.